The number of hydrogen-bond acceptors (Lipinski definition) is 2. The highest BCUT2D eigenvalue weighted by Crippen LogP contribution is 1.99. The van der Waals surface area contributed by atoms with Crippen LogP contribution in [0.4, 0.5) is 4.79 Å². The van der Waals surface area contributed by atoms with E-state index in [4.69, 9.17) is 5.73 Å². The number of hydrazone groups is 1. The second-order valence-corrected chi connectivity index (χ2v) is 2.61. The van der Waals surface area contributed by atoms with E-state index >= 15 is 0 Å². The van der Waals surface area contributed by atoms with Gasteiger partial charge in [-0.05, 0) is 19.3 Å². The molecule has 0 aromatic heterocycles. The summed E-state index contributed by atoms with van der Waals surface area (Å²) >= 11 is 0. The Morgan fingerprint density at radius 3 is 2.58 bits per heavy atom. The molecule has 0 aromatic rings. The summed E-state index contributed by atoms with van der Waals surface area (Å²) < 4.78 is 0. The monoisotopic (exact) mass is 171 g/mol. The lowest BCUT2D eigenvalue weighted by Gasteiger charge is -2.01. The molecule has 3 N–H and O–H groups in total. The molecule has 0 fully saturated rings. The molecule has 2 amide bonds. The third-order valence-electron chi connectivity index (χ3n) is 1.55. The van der Waals surface area contributed by atoms with Crippen LogP contribution in [0, 0.1) is 0 Å². The van der Waals surface area contributed by atoms with Gasteiger partial charge in [0.05, 0.1) is 0 Å². The van der Waals surface area contributed by atoms with Crippen molar-refractivity contribution >= 4 is 11.7 Å². The zero-order valence-corrected chi connectivity index (χ0v) is 7.76. The number of amides is 2. The van der Waals surface area contributed by atoms with Crippen molar-refractivity contribution in [3.05, 3.63) is 0 Å². The fourth-order valence-electron chi connectivity index (χ4n) is 0.827. The normalized spacial score (nSPS) is 11.3. The third-order valence-corrected chi connectivity index (χ3v) is 1.55. The molecule has 0 aliphatic carbocycles. The summed E-state index contributed by atoms with van der Waals surface area (Å²) in [5.41, 5.74) is 8.10. The summed E-state index contributed by atoms with van der Waals surface area (Å²) in [5.74, 6) is 0. The molecule has 0 saturated carbocycles. The summed E-state index contributed by atoms with van der Waals surface area (Å²) in [6, 6.07) is -0.600. The number of primary amides is 1. The van der Waals surface area contributed by atoms with E-state index in [2.05, 4.69) is 17.5 Å². The highest BCUT2D eigenvalue weighted by atomic mass is 16.2. The van der Waals surface area contributed by atoms with E-state index < -0.39 is 6.03 Å². The number of nitrogens with zero attached hydrogens (tertiary/aromatic N) is 1. The lowest BCUT2D eigenvalue weighted by Crippen LogP contribution is -2.25. The van der Waals surface area contributed by atoms with Gasteiger partial charge in [-0.15, -0.1) is 0 Å². The van der Waals surface area contributed by atoms with Crippen molar-refractivity contribution in [2.24, 2.45) is 10.8 Å². The number of carbonyl (C=O) groups excluding carboxylic acids is 1. The van der Waals surface area contributed by atoms with Crippen molar-refractivity contribution in [1.29, 1.82) is 0 Å². The fraction of sp³-hybridized carbons (Fsp3) is 0.750. The number of urea groups is 1. The Balaban J connectivity index is 3.78. The molecule has 0 radical (unpaired) electrons. The molecule has 0 aromatic carbocycles. The van der Waals surface area contributed by atoms with Crippen LogP contribution in [0.2, 0.25) is 0 Å². The first kappa shape index (κ1) is 10.9. The molecule has 4 heteroatoms. The van der Waals surface area contributed by atoms with Crippen LogP contribution < -0.4 is 11.2 Å². The lowest BCUT2D eigenvalue weighted by atomic mass is 10.1. The van der Waals surface area contributed by atoms with E-state index in [1.807, 2.05) is 6.92 Å². The Morgan fingerprint density at radius 1 is 1.50 bits per heavy atom. The Kier molecular flexibility index (Phi) is 6.05. The molecular formula is C8H17N3O. The van der Waals surface area contributed by atoms with Crippen LogP contribution in [-0.2, 0) is 0 Å². The van der Waals surface area contributed by atoms with Gasteiger partial charge in [0.2, 0.25) is 0 Å². The van der Waals surface area contributed by atoms with Crippen LogP contribution in [0.25, 0.3) is 0 Å². The standard InChI is InChI=1S/C8H17N3O/c1-3-5-6-7(4-2)10-11-8(9)12/h3-6H2,1-2H3,(H3,9,11,12)/b10-7-. The van der Waals surface area contributed by atoms with Crippen molar-refractivity contribution in [3.63, 3.8) is 0 Å². The van der Waals surface area contributed by atoms with Gasteiger partial charge in [0, 0.05) is 5.71 Å². The second kappa shape index (κ2) is 6.64. The van der Waals surface area contributed by atoms with Crippen LogP contribution in [-0.4, -0.2) is 11.7 Å². The van der Waals surface area contributed by atoms with Crippen LogP contribution in [0.15, 0.2) is 5.10 Å². The number of unbranched alkanes of at least 4 members (excludes halogenated alkanes) is 1. The quantitative estimate of drug-likeness (QED) is 0.479. The first-order valence-electron chi connectivity index (χ1n) is 4.31. The number of hydrogen-bond donors (Lipinski definition) is 2. The smallest absolute Gasteiger partial charge is 0.332 e. The minimum absolute atomic E-state index is 0.600. The van der Waals surface area contributed by atoms with E-state index in [-0.39, 0.29) is 0 Å². The second-order valence-electron chi connectivity index (χ2n) is 2.61. The SMILES string of the molecule is CCCC/C(CC)=N\NC(N)=O. The molecule has 0 bridgehead atoms. The van der Waals surface area contributed by atoms with Crippen LogP contribution >= 0.6 is 0 Å². The first-order chi connectivity index (χ1) is 5.70. The molecule has 70 valence electrons. The summed E-state index contributed by atoms with van der Waals surface area (Å²) in [7, 11) is 0. The van der Waals surface area contributed by atoms with Gasteiger partial charge in [-0.3, -0.25) is 0 Å². The molecule has 0 aliphatic heterocycles. The van der Waals surface area contributed by atoms with Gasteiger partial charge in [0.15, 0.2) is 0 Å². The predicted molar refractivity (Wildman–Crippen MR) is 50.0 cm³/mol. The Morgan fingerprint density at radius 2 is 2.17 bits per heavy atom. The zero-order valence-electron chi connectivity index (χ0n) is 7.76. The van der Waals surface area contributed by atoms with Crippen molar-refractivity contribution in [1.82, 2.24) is 5.43 Å². The Hall–Kier alpha value is -1.06. The zero-order chi connectivity index (χ0) is 9.40. The third kappa shape index (κ3) is 5.70. The van der Waals surface area contributed by atoms with Crippen molar-refractivity contribution < 1.29 is 4.79 Å². The van der Waals surface area contributed by atoms with Gasteiger partial charge >= 0.3 is 6.03 Å². The largest absolute Gasteiger partial charge is 0.350 e. The molecule has 12 heavy (non-hydrogen) atoms. The minimum Gasteiger partial charge on any atom is -0.350 e. The van der Waals surface area contributed by atoms with Gasteiger partial charge in [0.1, 0.15) is 0 Å². The molecule has 0 atom stereocenters. The summed E-state index contributed by atoms with van der Waals surface area (Å²) in [4.78, 5) is 10.3. The van der Waals surface area contributed by atoms with Gasteiger partial charge in [-0.25, -0.2) is 10.2 Å². The lowest BCUT2D eigenvalue weighted by molar-refractivity contribution is 0.249. The molecule has 0 saturated heterocycles. The van der Waals surface area contributed by atoms with E-state index in [1.165, 1.54) is 0 Å². The van der Waals surface area contributed by atoms with Gasteiger partial charge < -0.3 is 5.73 Å². The molecule has 0 heterocycles. The van der Waals surface area contributed by atoms with E-state index in [0.29, 0.717) is 0 Å². The van der Waals surface area contributed by atoms with E-state index in [1.54, 1.807) is 0 Å². The molecule has 0 rings (SSSR count). The number of rotatable bonds is 5. The summed E-state index contributed by atoms with van der Waals surface area (Å²) in [6.07, 6.45) is 4.04. The summed E-state index contributed by atoms with van der Waals surface area (Å²) in [5, 5.41) is 3.87. The number of nitrogens with two attached hydrogens (primary N) is 1. The van der Waals surface area contributed by atoms with Crippen molar-refractivity contribution in [3.8, 4) is 0 Å². The first-order valence-corrected chi connectivity index (χ1v) is 4.31. The van der Waals surface area contributed by atoms with Gasteiger partial charge in [0.25, 0.3) is 0 Å². The van der Waals surface area contributed by atoms with E-state index in [9.17, 15) is 4.79 Å². The summed E-state index contributed by atoms with van der Waals surface area (Å²) in [6.45, 7) is 4.13. The maximum Gasteiger partial charge on any atom is 0.332 e. The molecule has 0 unspecified atom stereocenters. The van der Waals surface area contributed by atoms with Crippen LogP contribution in [0.3, 0.4) is 0 Å². The highest BCUT2D eigenvalue weighted by Gasteiger charge is 1.96. The molecular weight excluding hydrogens is 154 g/mol. The Labute approximate surface area is 73.2 Å². The average molecular weight is 171 g/mol. The number of carbonyl (C=O) groups is 1. The Bertz CT molecular complexity index is 166. The maximum atomic E-state index is 10.3. The molecule has 0 spiro atoms. The predicted octanol–water partition coefficient (Wildman–Crippen LogP) is 1.61. The maximum absolute atomic E-state index is 10.3. The van der Waals surface area contributed by atoms with Crippen molar-refractivity contribution in [2.75, 3.05) is 0 Å². The highest BCUT2D eigenvalue weighted by molar-refractivity contribution is 5.85. The van der Waals surface area contributed by atoms with Crippen LogP contribution in [0.1, 0.15) is 39.5 Å². The average Bonchev–Trinajstić information content (AvgIpc) is 2.05. The van der Waals surface area contributed by atoms with Crippen LogP contribution in [0.5, 0.6) is 0 Å². The van der Waals surface area contributed by atoms with Gasteiger partial charge in [-0.2, -0.15) is 5.10 Å². The minimum atomic E-state index is -0.600. The fourth-order valence-corrected chi connectivity index (χ4v) is 0.827. The molecule has 4 nitrogen and oxygen atoms in total. The molecule has 0 aliphatic rings. The topological polar surface area (TPSA) is 67.5 Å². The van der Waals surface area contributed by atoms with E-state index in [0.717, 1.165) is 31.4 Å². The van der Waals surface area contributed by atoms with Crippen molar-refractivity contribution in [2.45, 2.75) is 39.5 Å². The van der Waals surface area contributed by atoms with Gasteiger partial charge in [-0.1, -0.05) is 20.3 Å². The number of nitrogens with one attached hydrogen (secondary N) is 1.